The summed E-state index contributed by atoms with van der Waals surface area (Å²) < 4.78 is 8.27. The van der Waals surface area contributed by atoms with Gasteiger partial charge in [0, 0.05) is 36.6 Å². The van der Waals surface area contributed by atoms with E-state index in [4.69, 9.17) is 4.74 Å². The minimum atomic E-state index is -0.293. The van der Waals surface area contributed by atoms with Gasteiger partial charge < -0.3 is 14.6 Å². The fourth-order valence-electron chi connectivity index (χ4n) is 3.00. The van der Waals surface area contributed by atoms with Gasteiger partial charge in [-0.2, -0.15) is 0 Å². The quantitative estimate of drug-likeness (QED) is 0.433. The van der Waals surface area contributed by atoms with Crippen molar-refractivity contribution in [3.05, 3.63) is 66.7 Å². The van der Waals surface area contributed by atoms with Gasteiger partial charge in [-0.3, -0.25) is 14.9 Å². The van der Waals surface area contributed by atoms with Crippen LogP contribution in [-0.4, -0.2) is 33.0 Å². The molecule has 0 bridgehead atoms. The SMILES string of the molecule is CCOc1ccc2nc(NC(=O)c3cccc(NC(=O)CCn4ccnc4)c3)sc2c1. The van der Waals surface area contributed by atoms with Crippen molar-refractivity contribution < 1.29 is 14.3 Å². The van der Waals surface area contributed by atoms with Gasteiger partial charge in [-0.15, -0.1) is 0 Å². The second-order valence-corrected chi connectivity index (χ2v) is 7.75. The molecule has 158 valence electrons. The number of aryl methyl sites for hydroxylation is 1. The molecule has 0 aliphatic rings. The third-order valence-electron chi connectivity index (χ3n) is 4.46. The highest BCUT2D eigenvalue weighted by Gasteiger charge is 2.12. The van der Waals surface area contributed by atoms with Crippen LogP contribution in [0.25, 0.3) is 10.2 Å². The molecule has 2 aromatic carbocycles. The molecule has 2 amide bonds. The summed E-state index contributed by atoms with van der Waals surface area (Å²) in [5, 5.41) is 6.15. The molecule has 0 unspecified atom stereocenters. The molecule has 4 rings (SSSR count). The Balaban J connectivity index is 1.39. The molecular formula is C22H21N5O3S. The van der Waals surface area contributed by atoms with E-state index in [1.807, 2.05) is 29.7 Å². The van der Waals surface area contributed by atoms with Crippen LogP contribution in [0.1, 0.15) is 23.7 Å². The molecule has 0 spiro atoms. The molecule has 0 fully saturated rings. The number of hydrogen-bond acceptors (Lipinski definition) is 6. The van der Waals surface area contributed by atoms with Gasteiger partial charge in [-0.25, -0.2) is 9.97 Å². The number of aromatic nitrogens is 3. The Kier molecular flexibility index (Phi) is 6.23. The number of rotatable bonds is 8. The molecule has 4 aromatic rings. The van der Waals surface area contributed by atoms with Gasteiger partial charge in [0.05, 0.1) is 23.2 Å². The van der Waals surface area contributed by atoms with Gasteiger partial charge in [-0.1, -0.05) is 17.4 Å². The highest BCUT2D eigenvalue weighted by atomic mass is 32.1. The van der Waals surface area contributed by atoms with Gasteiger partial charge in [0.15, 0.2) is 5.13 Å². The molecule has 0 saturated carbocycles. The molecule has 0 radical (unpaired) electrons. The van der Waals surface area contributed by atoms with Crippen LogP contribution in [0.2, 0.25) is 0 Å². The first-order valence-corrected chi connectivity index (χ1v) is 10.6. The summed E-state index contributed by atoms with van der Waals surface area (Å²) in [6.07, 6.45) is 5.45. The van der Waals surface area contributed by atoms with Crippen LogP contribution in [-0.2, 0) is 11.3 Å². The number of benzene rings is 2. The van der Waals surface area contributed by atoms with E-state index in [1.54, 1.807) is 43.0 Å². The number of anilines is 2. The van der Waals surface area contributed by atoms with Crippen molar-refractivity contribution in [2.24, 2.45) is 0 Å². The minimum absolute atomic E-state index is 0.137. The Morgan fingerprint density at radius 1 is 1.16 bits per heavy atom. The van der Waals surface area contributed by atoms with Crippen molar-refractivity contribution in [1.82, 2.24) is 14.5 Å². The van der Waals surface area contributed by atoms with Crippen molar-refractivity contribution in [2.75, 3.05) is 17.2 Å². The maximum atomic E-state index is 12.7. The van der Waals surface area contributed by atoms with Crippen LogP contribution >= 0.6 is 11.3 Å². The summed E-state index contributed by atoms with van der Waals surface area (Å²) in [7, 11) is 0. The third-order valence-corrected chi connectivity index (χ3v) is 5.39. The van der Waals surface area contributed by atoms with E-state index in [-0.39, 0.29) is 11.8 Å². The summed E-state index contributed by atoms with van der Waals surface area (Å²) >= 11 is 1.38. The second-order valence-electron chi connectivity index (χ2n) is 6.72. The second kappa shape index (κ2) is 9.40. The smallest absolute Gasteiger partial charge is 0.257 e. The fraction of sp³-hybridized carbons (Fsp3) is 0.182. The number of thiazole rings is 1. The average Bonchev–Trinajstić information content (AvgIpc) is 3.42. The van der Waals surface area contributed by atoms with Crippen LogP contribution in [0.5, 0.6) is 5.75 Å². The van der Waals surface area contributed by atoms with Crippen molar-refractivity contribution in [2.45, 2.75) is 19.9 Å². The van der Waals surface area contributed by atoms with Crippen LogP contribution in [0.4, 0.5) is 10.8 Å². The number of amides is 2. The molecule has 0 aliphatic heterocycles. The average molecular weight is 436 g/mol. The lowest BCUT2D eigenvalue weighted by Crippen LogP contribution is -2.15. The van der Waals surface area contributed by atoms with E-state index in [1.165, 1.54) is 11.3 Å². The number of imidazole rings is 1. The number of carbonyl (C=O) groups excluding carboxylic acids is 2. The van der Waals surface area contributed by atoms with Gasteiger partial charge in [0.1, 0.15) is 5.75 Å². The standard InChI is InChI=1S/C22H21N5O3S/c1-2-30-17-6-7-18-19(13-17)31-22(25-18)26-21(29)15-4-3-5-16(12-15)24-20(28)8-10-27-11-9-23-14-27/h3-7,9,11-14H,2,8,10H2,1H3,(H,24,28)(H,25,26,29). The number of ether oxygens (including phenoxy) is 1. The Labute approximate surface area is 182 Å². The molecule has 8 nitrogen and oxygen atoms in total. The van der Waals surface area contributed by atoms with Crippen LogP contribution < -0.4 is 15.4 Å². The lowest BCUT2D eigenvalue weighted by atomic mass is 10.2. The highest BCUT2D eigenvalue weighted by molar-refractivity contribution is 7.22. The van der Waals surface area contributed by atoms with Gasteiger partial charge in [0.2, 0.25) is 5.91 Å². The number of carbonyl (C=O) groups is 2. The summed E-state index contributed by atoms with van der Waals surface area (Å²) in [5.74, 6) is 0.342. The molecule has 0 saturated heterocycles. The summed E-state index contributed by atoms with van der Waals surface area (Å²) in [6.45, 7) is 3.05. The van der Waals surface area contributed by atoms with Crippen molar-refractivity contribution in [3.63, 3.8) is 0 Å². The monoisotopic (exact) mass is 435 g/mol. The predicted octanol–water partition coefficient (Wildman–Crippen LogP) is 4.17. The molecule has 0 atom stereocenters. The normalized spacial score (nSPS) is 10.7. The zero-order valence-electron chi connectivity index (χ0n) is 16.9. The lowest BCUT2D eigenvalue weighted by molar-refractivity contribution is -0.116. The lowest BCUT2D eigenvalue weighted by Gasteiger charge is -2.08. The number of nitrogens with one attached hydrogen (secondary N) is 2. The first kappa shape index (κ1) is 20.5. The number of nitrogens with zero attached hydrogens (tertiary/aromatic N) is 3. The minimum Gasteiger partial charge on any atom is -0.494 e. The number of fused-ring (bicyclic) bond motifs is 1. The molecular weight excluding hydrogens is 414 g/mol. The fourth-order valence-corrected chi connectivity index (χ4v) is 3.88. The van der Waals surface area contributed by atoms with Gasteiger partial charge in [-0.05, 0) is 43.3 Å². The maximum absolute atomic E-state index is 12.7. The predicted molar refractivity (Wildman–Crippen MR) is 121 cm³/mol. The molecule has 2 aromatic heterocycles. The molecule has 2 N–H and O–H groups in total. The molecule has 31 heavy (non-hydrogen) atoms. The summed E-state index contributed by atoms with van der Waals surface area (Å²) in [6, 6.07) is 12.4. The van der Waals surface area contributed by atoms with Gasteiger partial charge in [0.25, 0.3) is 5.91 Å². The van der Waals surface area contributed by atoms with E-state index in [0.29, 0.717) is 36.0 Å². The zero-order chi connectivity index (χ0) is 21.6. The Morgan fingerprint density at radius 2 is 2.06 bits per heavy atom. The Morgan fingerprint density at radius 3 is 2.87 bits per heavy atom. The molecule has 2 heterocycles. The van der Waals surface area contributed by atoms with Crippen LogP contribution in [0.3, 0.4) is 0 Å². The van der Waals surface area contributed by atoms with E-state index in [2.05, 4.69) is 20.6 Å². The van der Waals surface area contributed by atoms with Crippen molar-refractivity contribution in [3.8, 4) is 5.75 Å². The van der Waals surface area contributed by atoms with E-state index < -0.39 is 0 Å². The maximum Gasteiger partial charge on any atom is 0.257 e. The first-order valence-electron chi connectivity index (χ1n) is 9.81. The third kappa shape index (κ3) is 5.26. The zero-order valence-corrected chi connectivity index (χ0v) is 17.7. The van der Waals surface area contributed by atoms with Crippen molar-refractivity contribution >= 4 is 44.2 Å². The van der Waals surface area contributed by atoms with E-state index in [0.717, 1.165) is 16.0 Å². The highest BCUT2D eigenvalue weighted by Crippen LogP contribution is 2.29. The first-order chi connectivity index (χ1) is 15.1. The summed E-state index contributed by atoms with van der Waals surface area (Å²) in [4.78, 5) is 33.3. The van der Waals surface area contributed by atoms with E-state index in [9.17, 15) is 9.59 Å². The van der Waals surface area contributed by atoms with Gasteiger partial charge >= 0.3 is 0 Å². The molecule has 0 aliphatic carbocycles. The summed E-state index contributed by atoms with van der Waals surface area (Å²) in [5.41, 5.74) is 1.79. The topological polar surface area (TPSA) is 98.1 Å². The largest absolute Gasteiger partial charge is 0.494 e. The van der Waals surface area contributed by atoms with Crippen LogP contribution in [0, 0.1) is 0 Å². The van der Waals surface area contributed by atoms with Crippen LogP contribution in [0.15, 0.2) is 61.2 Å². The molecule has 9 heteroatoms. The Hall–Kier alpha value is -3.72. The van der Waals surface area contributed by atoms with Crippen molar-refractivity contribution in [1.29, 1.82) is 0 Å². The number of hydrogen-bond donors (Lipinski definition) is 2. The van der Waals surface area contributed by atoms with E-state index >= 15 is 0 Å². The Bertz CT molecular complexity index is 1200.